The average Bonchev–Trinajstić information content (AvgIpc) is 3.69. The van der Waals surface area contributed by atoms with Crippen LogP contribution in [0, 0.1) is 23.2 Å². The van der Waals surface area contributed by atoms with Crippen molar-refractivity contribution in [1.82, 2.24) is 10.3 Å². The molecule has 2 fully saturated rings. The summed E-state index contributed by atoms with van der Waals surface area (Å²) >= 11 is 0. The van der Waals surface area contributed by atoms with Gasteiger partial charge >= 0.3 is 0 Å². The van der Waals surface area contributed by atoms with Gasteiger partial charge in [0, 0.05) is 35.5 Å². The molecule has 0 saturated heterocycles. The highest BCUT2D eigenvalue weighted by atomic mass is 19.1. The van der Waals surface area contributed by atoms with E-state index in [0.717, 1.165) is 59.0 Å². The molecule has 0 bridgehead atoms. The first-order chi connectivity index (χ1) is 16.7. The molecule has 0 radical (unpaired) electrons. The number of allylic oxidation sites excluding steroid dienone is 3. The molecule has 35 heavy (non-hydrogen) atoms. The maximum Gasteiger partial charge on any atom is 0.170 e. The van der Waals surface area contributed by atoms with Crippen LogP contribution in [0.4, 0.5) is 15.8 Å². The van der Waals surface area contributed by atoms with Crippen molar-refractivity contribution in [3.05, 3.63) is 65.1 Å². The Morgan fingerprint density at radius 1 is 1.23 bits per heavy atom. The van der Waals surface area contributed by atoms with Crippen molar-refractivity contribution in [1.29, 1.82) is 0 Å². The molecule has 1 aliphatic heterocycles. The first kappa shape index (κ1) is 23.6. The number of benzene rings is 1. The minimum absolute atomic E-state index is 0.00995. The lowest BCUT2D eigenvalue weighted by atomic mass is 9.87. The number of fused-ring (bicyclic) bond motifs is 2. The molecule has 3 aliphatic carbocycles. The number of aromatic nitrogens is 1. The van der Waals surface area contributed by atoms with E-state index < -0.39 is 6.17 Å². The molecule has 4 unspecified atom stereocenters. The monoisotopic (exact) mass is 475 g/mol. The van der Waals surface area contributed by atoms with Crippen LogP contribution in [0.1, 0.15) is 62.3 Å². The van der Waals surface area contributed by atoms with Crippen molar-refractivity contribution >= 4 is 28.5 Å². The van der Waals surface area contributed by atoms with E-state index in [9.17, 15) is 14.0 Å². The summed E-state index contributed by atoms with van der Waals surface area (Å²) in [5, 5.41) is 6.86. The Balaban J connectivity index is 0.000000239. The molecule has 0 spiro atoms. The van der Waals surface area contributed by atoms with E-state index in [4.69, 9.17) is 0 Å². The fraction of sp³-hybridized carbons (Fsp3) is 0.448. The maximum absolute atomic E-state index is 13.1. The van der Waals surface area contributed by atoms with Crippen LogP contribution in [-0.4, -0.2) is 29.3 Å². The number of hydrogen-bond acceptors (Lipinski definition) is 4. The van der Waals surface area contributed by atoms with Gasteiger partial charge in [0.15, 0.2) is 5.78 Å². The predicted molar refractivity (Wildman–Crippen MR) is 137 cm³/mol. The molecular weight excluding hydrogens is 441 g/mol. The van der Waals surface area contributed by atoms with Crippen molar-refractivity contribution in [2.24, 2.45) is 23.2 Å². The smallest absolute Gasteiger partial charge is 0.170 e. The SMILES string of the molecule is CC(C)C(=O)C1CC1F.CC1=CC(c2[nH]c3c(c2Nc2ccccc2)C(=O)C2CC2(C)C3)=CCN1. The topological polar surface area (TPSA) is 74.0 Å². The number of nitrogens with one attached hydrogen (secondary N) is 3. The van der Waals surface area contributed by atoms with Crippen LogP contribution in [0.2, 0.25) is 0 Å². The van der Waals surface area contributed by atoms with Crippen LogP contribution in [0.25, 0.3) is 5.57 Å². The van der Waals surface area contributed by atoms with Crippen LogP contribution >= 0.6 is 0 Å². The van der Waals surface area contributed by atoms with Crippen molar-refractivity contribution in [3.8, 4) is 0 Å². The Hall–Kier alpha value is -3.15. The fourth-order valence-corrected chi connectivity index (χ4v) is 5.28. The van der Waals surface area contributed by atoms with E-state index in [1.54, 1.807) is 0 Å². The summed E-state index contributed by atoms with van der Waals surface area (Å²) < 4.78 is 12.2. The summed E-state index contributed by atoms with van der Waals surface area (Å²) in [7, 11) is 0. The number of carbonyl (C=O) groups is 2. The second-order valence-electron chi connectivity index (χ2n) is 11.0. The summed E-state index contributed by atoms with van der Waals surface area (Å²) in [6, 6.07) is 10.1. The third-order valence-corrected chi connectivity index (χ3v) is 7.63. The van der Waals surface area contributed by atoms with E-state index in [1.165, 1.54) is 0 Å². The van der Waals surface area contributed by atoms with Gasteiger partial charge in [-0.05, 0) is 55.4 Å². The Kier molecular flexibility index (Phi) is 5.94. The van der Waals surface area contributed by atoms with Gasteiger partial charge in [-0.25, -0.2) is 4.39 Å². The molecule has 184 valence electrons. The number of ketones is 2. The Labute approximate surface area is 206 Å². The number of Topliss-reactive ketones (excluding diaryl/α,β-unsaturated/α-hetero) is 2. The number of para-hydroxylation sites is 1. The molecule has 0 amide bonds. The zero-order chi connectivity index (χ0) is 24.9. The van der Waals surface area contributed by atoms with E-state index >= 15 is 0 Å². The Morgan fingerprint density at radius 3 is 2.54 bits per heavy atom. The number of H-pyrrole nitrogens is 1. The molecule has 2 aromatic rings. The second kappa shape index (κ2) is 8.81. The molecule has 1 aromatic carbocycles. The average molecular weight is 476 g/mol. The molecule has 6 rings (SSSR count). The largest absolute Gasteiger partial charge is 0.385 e. The zero-order valence-corrected chi connectivity index (χ0v) is 20.9. The number of carbonyl (C=O) groups excluding carboxylic acids is 2. The van der Waals surface area contributed by atoms with Gasteiger partial charge in [-0.2, -0.15) is 0 Å². The van der Waals surface area contributed by atoms with Crippen molar-refractivity contribution in [2.45, 2.75) is 53.1 Å². The second-order valence-corrected chi connectivity index (χ2v) is 11.0. The molecule has 3 N–H and O–H groups in total. The number of dihydropyridines is 1. The highest BCUT2D eigenvalue weighted by molar-refractivity contribution is 6.10. The number of alkyl halides is 1. The van der Waals surface area contributed by atoms with Crippen molar-refractivity contribution in [3.63, 3.8) is 0 Å². The van der Waals surface area contributed by atoms with Gasteiger partial charge in [0.2, 0.25) is 0 Å². The molecular formula is C29H34FN3O2. The van der Waals surface area contributed by atoms with Gasteiger partial charge in [-0.3, -0.25) is 9.59 Å². The molecule has 2 heterocycles. The first-order valence-corrected chi connectivity index (χ1v) is 12.6. The fourth-order valence-electron chi connectivity index (χ4n) is 5.28. The lowest BCUT2D eigenvalue weighted by Gasteiger charge is -2.18. The Morgan fingerprint density at radius 2 is 1.94 bits per heavy atom. The molecule has 6 heteroatoms. The number of hydrogen-bond donors (Lipinski definition) is 3. The van der Waals surface area contributed by atoms with Crippen molar-refractivity contribution in [2.75, 3.05) is 11.9 Å². The van der Waals surface area contributed by atoms with E-state index in [0.29, 0.717) is 12.2 Å². The van der Waals surface area contributed by atoms with Gasteiger partial charge in [0.25, 0.3) is 0 Å². The lowest BCUT2D eigenvalue weighted by Crippen LogP contribution is -2.19. The van der Waals surface area contributed by atoms with E-state index in [-0.39, 0.29) is 29.0 Å². The summed E-state index contributed by atoms with van der Waals surface area (Å²) in [5.74, 6) is 0.336. The highest BCUT2D eigenvalue weighted by Crippen LogP contribution is 2.60. The van der Waals surface area contributed by atoms with Gasteiger partial charge in [-0.1, -0.05) is 45.0 Å². The summed E-state index contributed by atoms with van der Waals surface area (Å²) in [5.41, 5.74) is 7.36. The minimum Gasteiger partial charge on any atom is -0.385 e. The number of anilines is 2. The first-order valence-electron chi connectivity index (χ1n) is 12.6. The van der Waals surface area contributed by atoms with Crippen LogP contribution in [-0.2, 0) is 11.2 Å². The van der Waals surface area contributed by atoms with Gasteiger partial charge in [0.1, 0.15) is 12.0 Å². The molecule has 1 aromatic heterocycles. The quantitative estimate of drug-likeness (QED) is 0.497. The van der Waals surface area contributed by atoms with Crippen molar-refractivity contribution < 1.29 is 14.0 Å². The lowest BCUT2D eigenvalue weighted by molar-refractivity contribution is -0.123. The normalized spacial score (nSPS) is 27.9. The summed E-state index contributed by atoms with van der Waals surface area (Å²) in [6.07, 6.45) is 5.94. The van der Waals surface area contributed by atoms with Gasteiger partial charge < -0.3 is 15.6 Å². The molecule has 4 atom stereocenters. The predicted octanol–water partition coefficient (Wildman–Crippen LogP) is 5.98. The number of rotatable bonds is 5. The Bertz CT molecular complexity index is 1230. The third kappa shape index (κ3) is 4.58. The van der Waals surface area contributed by atoms with Crippen LogP contribution < -0.4 is 10.6 Å². The summed E-state index contributed by atoms with van der Waals surface area (Å²) in [6.45, 7) is 8.74. The van der Waals surface area contributed by atoms with Crippen LogP contribution in [0.5, 0.6) is 0 Å². The molecule has 4 aliphatic rings. The van der Waals surface area contributed by atoms with Gasteiger partial charge in [-0.15, -0.1) is 0 Å². The van der Waals surface area contributed by atoms with Gasteiger partial charge in [0.05, 0.1) is 22.9 Å². The third-order valence-electron chi connectivity index (χ3n) is 7.63. The molecule has 5 nitrogen and oxygen atoms in total. The minimum atomic E-state index is -0.820. The number of aromatic amines is 1. The number of halogens is 1. The molecule has 2 saturated carbocycles. The maximum atomic E-state index is 13.1. The van der Waals surface area contributed by atoms with Crippen LogP contribution in [0.3, 0.4) is 0 Å². The zero-order valence-electron chi connectivity index (χ0n) is 20.9. The van der Waals surface area contributed by atoms with Crippen LogP contribution in [0.15, 0.2) is 48.2 Å². The highest BCUT2D eigenvalue weighted by Gasteiger charge is 2.58. The standard InChI is InChI=1S/C22H23N3O.C7H11FO/c1-13-10-14(8-9-23-13)19-20(24-15-6-4-3-5-7-15)18-17(25-19)12-22(2)11-16(22)21(18)26;1-4(2)7(9)5-3-6(5)8/h3-8,10,16,23-25H,9,11-12H2,1-2H3;4-6H,3H2,1-2H3. The van der Waals surface area contributed by atoms with E-state index in [1.807, 2.05) is 44.2 Å². The summed E-state index contributed by atoms with van der Waals surface area (Å²) in [4.78, 5) is 27.6. The van der Waals surface area contributed by atoms with E-state index in [2.05, 4.69) is 41.6 Å².